The van der Waals surface area contributed by atoms with Crippen LogP contribution in [0.15, 0.2) is 65.8 Å². The predicted molar refractivity (Wildman–Crippen MR) is 109 cm³/mol. The van der Waals surface area contributed by atoms with Crippen molar-refractivity contribution >= 4 is 22.9 Å². The number of rotatable bonds is 7. The van der Waals surface area contributed by atoms with Crippen molar-refractivity contribution in [2.45, 2.75) is 13.0 Å². The number of carbonyl (C=O) groups excluding carboxylic acids is 1. The molecule has 6 heteroatoms. The van der Waals surface area contributed by atoms with Gasteiger partial charge in [-0.15, -0.1) is 0 Å². The van der Waals surface area contributed by atoms with E-state index in [2.05, 4.69) is 10.5 Å². The number of nitrogens with zero attached hydrogens (tertiary/aromatic N) is 1. The molecule has 0 aliphatic rings. The predicted octanol–water partition coefficient (Wildman–Crippen LogP) is 3.77. The van der Waals surface area contributed by atoms with E-state index in [0.717, 1.165) is 16.3 Å². The first kappa shape index (κ1) is 19.2. The van der Waals surface area contributed by atoms with E-state index in [1.807, 2.05) is 48.5 Å². The van der Waals surface area contributed by atoms with Gasteiger partial charge in [-0.3, -0.25) is 4.79 Å². The summed E-state index contributed by atoms with van der Waals surface area (Å²) in [6.07, 6.45) is 0.839. The summed E-state index contributed by atoms with van der Waals surface area (Å²) in [6.45, 7) is 1.68. The summed E-state index contributed by atoms with van der Waals surface area (Å²) < 4.78 is 16.2. The van der Waals surface area contributed by atoms with Gasteiger partial charge in [-0.05, 0) is 53.6 Å². The first-order valence-electron chi connectivity index (χ1n) is 8.81. The van der Waals surface area contributed by atoms with Crippen molar-refractivity contribution in [3.63, 3.8) is 0 Å². The fourth-order valence-electron chi connectivity index (χ4n) is 2.69. The van der Waals surface area contributed by atoms with E-state index in [4.69, 9.17) is 14.2 Å². The lowest BCUT2D eigenvalue weighted by molar-refractivity contribution is -0.127. The molecule has 3 aromatic rings. The number of hydrazone groups is 1. The van der Waals surface area contributed by atoms with Crippen LogP contribution in [0.5, 0.6) is 17.2 Å². The summed E-state index contributed by atoms with van der Waals surface area (Å²) in [7, 11) is 3.13. The maximum atomic E-state index is 12.2. The molecule has 0 fully saturated rings. The maximum Gasteiger partial charge on any atom is 0.280 e. The highest BCUT2D eigenvalue weighted by molar-refractivity contribution is 5.86. The summed E-state index contributed by atoms with van der Waals surface area (Å²) in [4.78, 5) is 12.2. The van der Waals surface area contributed by atoms with Crippen molar-refractivity contribution < 1.29 is 19.0 Å². The van der Waals surface area contributed by atoms with E-state index in [9.17, 15) is 4.79 Å². The van der Waals surface area contributed by atoms with Crippen LogP contribution in [0, 0.1) is 0 Å². The van der Waals surface area contributed by atoms with Gasteiger partial charge in [0.15, 0.2) is 17.6 Å². The van der Waals surface area contributed by atoms with Gasteiger partial charge in [0.1, 0.15) is 5.75 Å². The summed E-state index contributed by atoms with van der Waals surface area (Å²) in [5, 5.41) is 6.16. The number of fused-ring (bicyclic) bond motifs is 1. The van der Waals surface area contributed by atoms with Crippen molar-refractivity contribution in [1.82, 2.24) is 5.43 Å². The zero-order chi connectivity index (χ0) is 19.9. The van der Waals surface area contributed by atoms with Gasteiger partial charge in [0, 0.05) is 0 Å². The largest absolute Gasteiger partial charge is 0.493 e. The minimum absolute atomic E-state index is 0.343. The van der Waals surface area contributed by atoms with Crippen LogP contribution in [0.2, 0.25) is 0 Å². The standard InChI is InChI=1S/C22H22N2O4/c1-15(28-19-10-9-17-6-4-5-7-18(17)13-19)22(25)24-23-14-16-8-11-20(26-2)21(12-16)27-3/h4-15H,1-3H3,(H,24,25)/b23-14-/t15-/m1/s1. The van der Waals surface area contributed by atoms with Crippen LogP contribution in [-0.4, -0.2) is 32.4 Å². The van der Waals surface area contributed by atoms with Gasteiger partial charge in [0.25, 0.3) is 5.91 Å². The van der Waals surface area contributed by atoms with Gasteiger partial charge in [-0.2, -0.15) is 5.10 Å². The Morgan fingerprint density at radius 3 is 2.46 bits per heavy atom. The molecule has 0 unspecified atom stereocenters. The Hall–Kier alpha value is -3.54. The molecule has 1 atom stereocenters. The van der Waals surface area contributed by atoms with E-state index >= 15 is 0 Å². The quantitative estimate of drug-likeness (QED) is 0.502. The SMILES string of the molecule is COc1ccc(/C=N\NC(=O)[C@@H](C)Oc2ccc3ccccc3c2)cc1OC. The van der Waals surface area contributed by atoms with Crippen LogP contribution >= 0.6 is 0 Å². The average Bonchev–Trinajstić information content (AvgIpc) is 2.73. The topological polar surface area (TPSA) is 69.2 Å². The first-order chi connectivity index (χ1) is 13.6. The number of carbonyl (C=O) groups is 1. The summed E-state index contributed by atoms with van der Waals surface area (Å²) in [5.41, 5.74) is 3.25. The van der Waals surface area contributed by atoms with E-state index in [1.54, 1.807) is 33.3 Å². The highest BCUT2D eigenvalue weighted by Gasteiger charge is 2.14. The molecule has 144 valence electrons. The van der Waals surface area contributed by atoms with Crippen LogP contribution < -0.4 is 19.6 Å². The summed E-state index contributed by atoms with van der Waals surface area (Å²) >= 11 is 0. The lowest BCUT2D eigenvalue weighted by Gasteiger charge is -2.13. The van der Waals surface area contributed by atoms with Gasteiger partial charge < -0.3 is 14.2 Å². The lowest BCUT2D eigenvalue weighted by Crippen LogP contribution is -2.33. The van der Waals surface area contributed by atoms with Gasteiger partial charge in [0.2, 0.25) is 0 Å². The van der Waals surface area contributed by atoms with Crippen molar-refractivity contribution in [2.75, 3.05) is 14.2 Å². The Balaban J connectivity index is 1.59. The third-order valence-corrected chi connectivity index (χ3v) is 4.20. The van der Waals surface area contributed by atoms with Crippen molar-refractivity contribution in [1.29, 1.82) is 0 Å². The number of hydrogen-bond acceptors (Lipinski definition) is 5. The minimum Gasteiger partial charge on any atom is -0.493 e. The Morgan fingerprint density at radius 1 is 0.964 bits per heavy atom. The van der Waals surface area contributed by atoms with Crippen molar-refractivity contribution in [3.05, 3.63) is 66.2 Å². The lowest BCUT2D eigenvalue weighted by atomic mass is 10.1. The average molecular weight is 378 g/mol. The highest BCUT2D eigenvalue weighted by Crippen LogP contribution is 2.26. The van der Waals surface area contributed by atoms with Gasteiger partial charge in [-0.1, -0.05) is 30.3 Å². The third kappa shape index (κ3) is 4.59. The molecular formula is C22H22N2O4. The molecule has 3 aromatic carbocycles. The fraction of sp³-hybridized carbons (Fsp3) is 0.182. The molecule has 1 N–H and O–H groups in total. The normalized spacial score (nSPS) is 12.0. The van der Waals surface area contributed by atoms with Crippen LogP contribution in [0.4, 0.5) is 0 Å². The zero-order valence-electron chi connectivity index (χ0n) is 16.0. The van der Waals surface area contributed by atoms with E-state index in [-0.39, 0.29) is 5.91 Å². The van der Waals surface area contributed by atoms with Crippen molar-refractivity contribution in [3.8, 4) is 17.2 Å². The molecule has 1 amide bonds. The Morgan fingerprint density at radius 2 is 1.71 bits per heavy atom. The monoisotopic (exact) mass is 378 g/mol. The molecule has 0 bridgehead atoms. The number of methoxy groups -OCH3 is 2. The molecule has 0 aromatic heterocycles. The molecule has 0 heterocycles. The highest BCUT2D eigenvalue weighted by atomic mass is 16.5. The molecule has 0 spiro atoms. The maximum absolute atomic E-state index is 12.2. The van der Waals surface area contributed by atoms with Gasteiger partial charge in [0.05, 0.1) is 20.4 Å². The Bertz CT molecular complexity index is 1000. The molecule has 0 aliphatic heterocycles. The third-order valence-electron chi connectivity index (χ3n) is 4.20. The second kappa shape index (κ2) is 8.90. The van der Waals surface area contributed by atoms with Gasteiger partial charge >= 0.3 is 0 Å². The molecule has 6 nitrogen and oxygen atoms in total. The van der Waals surface area contributed by atoms with E-state index in [0.29, 0.717) is 17.2 Å². The number of hydrogen-bond donors (Lipinski definition) is 1. The summed E-state index contributed by atoms with van der Waals surface area (Å²) in [6, 6.07) is 19.0. The minimum atomic E-state index is -0.691. The number of amides is 1. The van der Waals surface area contributed by atoms with Crippen LogP contribution in [0.1, 0.15) is 12.5 Å². The smallest absolute Gasteiger partial charge is 0.280 e. The molecule has 0 aliphatic carbocycles. The Labute approximate surface area is 163 Å². The van der Waals surface area contributed by atoms with Gasteiger partial charge in [-0.25, -0.2) is 5.43 Å². The number of nitrogens with one attached hydrogen (secondary N) is 1. The molecular weight excluding hydrogens is 356 g/mol. The summed E-state index contributed by atoms with van der Waals surface area (Å²) in [5.74, 6) is 1.50. The molecule has 0 saturated carbocycles. The van der Waals surface area contributed by atoms with Crippen LogP contribution in [0.3, 0.4) is 0 Å². The zero-order valence-corrected chi connectivity index (χ0v) is 16.0. The first-order valence-corrected chi connectivity index (χ1v) is 8.81. The Kier molecular flexibility index (Phi) is 6.11. The second-order valence-corrected chi connectivity index (χ2v) is 6.12. The fourth-order valence-corrected chi connectivity index (χ4v) is 2.69. The molecule has 3 rings (SSSR count). The molecule has 0 saturated heterocycles. The van der Waals surface area contributed by atoms with Crippen LogP contribution in [-0.2, 0) is 4.79 Å². The van der Waals surface area contributed by atoms with E-state index in [1.165, 1.54) is 6.21 Å². The molecule has 0 radical (unpaired) electrons. The van der Waals surface area contributed by atoms with Crippen molar-refractivity contribution in [2.24, 2.45) is 5.10 Å². The molecule has 28 heavy (non-hydrogen) atoms. The second-order valence-electron chi connectivity index (χ2n) is 6.12. The number of benzene rings is 3. The van der Waals surface area contributed by atoms with E-state index < -0.39 is 6.10 Å². The number of ether oxygens (including phenoxy) is 3. The van der Waals surface area contributed by atoms with Crippen LogP contribution in [0.25, 0.3) is 10.8 Å².